The Balaban J connectivity index is 1.34. The summed E-state index contributed by atoms with van der Waals surface area (Å²) in [6.07, 6.45) is 7.11. The van der Waals surface area contributed by atoms with E-state index >= 15 is 0 Å². The third-order valence-corrected chi connectivity index (χ3v) is 6.52. The Morgan fingerprint density at radius 2 is 1.81 bits per heavy atom. The zero-order chi connectivity index (χ0) is 21.9. The summed E-state index contributed by atoms with van der Waals surface area (Å²) in [6.45, 7) is 3.47. The Bertz CT molecular complexity index is 1040. The van der Waals surface area contributed by atoms with Crippen LogP contribution in [0.5, 0.6) is 0 Å². The third-order valence-electron chi connectivity index (χ3n) is 6.52. The quantitative estimate of drug-likeness (QED) is 0.568. The lowest BCUT2D eigenvalue weighted by atomic mass is 9.94. The highest BCUT2D eigenvalue weighted by molar-refractivity contribution is 5.77. The zero-order valence-electron chi connectivity index (χ0n) is 18.6. The van der Waals surface area contributed by atoms with E-state index < -0.39 is 0 Å². The lowest BCUT2D eigenvalue weighted by Crippen LogP contribution is -2.52. The molecule has 0 N–H and O–H groups in total. The van der Waals surface area contributed by atoms with Gasteiger partial charge in [-0.1, -0.05) is 65.4 Å². The van der Waals surface area contributed by atoms with E-state index in [1.807, 2.05) is 35.2 Å². The number of benzene rings is 2. The molecule has 2 fully saturated rings. The summed E-state index contributed by atoms with van der Waals surface area (Å²) in [6, 6.07) is 18.5. The Morgan fingerprint density at radius 1 is 1.03 bits per heavy atom. The van der Waals surface area contributed by atoms with Crippen LogP contribution in [0.25, 0.3) is 11.3 Å². The maximum atomic E-state index is 13.5. The lowest BCUT2D eigenvalue weighted by molar-refractivity contribution is -0.0110. The first-order chi connectivity index (χ1) is 15.7. The van der Waals surface area contributed by atoms with Crippen molar-refractivity contribution in [3.63, 3.8) is 0 Å². The predicted molar refractivity (Wildman–Crippen MR) is 123 cm³/mol. The second-order valence-electron chi connectivity index (χ2n) is 9.17. The first kappa shape index (κ1) is 20.9. The summed E-state index contributed by atoms with van der Waals surface area (Å²) in [5.74, 6) is 0.716. The Labute approximate surface area is 189 Å². The molecule has 2 atom stereocenters. The molecule has 1 aliphatic heterocycles. The van der Waals surface area contributed by atoms with Crippen LogP contribution >= 0.6 is 0 Å². The molecule has 0 radical (unpaired) electrons. The van der Waals surface area contributed by atoms with Crippen molar-refractivity contribution >= 4 is 6.03 Å². The number of carbonyl (C=O) groups is 1. The standard InChI is InChI=1S/C26H30N4O2/c1-19-7-11-22(12-8-19)25-17-30(28-27-25)26(31)29-16-24(32-18-21-9-10-21)14-13-23(29)15-20-5-3-2-4-6-20/h2-8,11-12,17,21,23-24H,9-10,13-16,18H2,1H3/t23-,24+/m1/s1. The third kappa shape index (κ3) is 4.91. The van der Waals surface area contributed by atoms with E-state index in [0.29, 0.717) is 18.2 Å². The molecule has 6 heteroatoms. The largest absolute Gasteiger partial charge is 0.376 e. The van der Waals surface area contributed by atoms with E-state index in [1.165, 1.54) is 28.7 Å². The topological polar surface area (TPSA) is 60.2 Å². The van der Waals surface area contributed by atoms with Gasteiger partial charge in [-0.3, -0.25) is 0 Å². The van der Waals surface area contributed by atoms with E-state index in [2.05, 4.69) is 41.5 Å². The average Bonchev–Trinajstić information content (AvgIpc) is 3.53. The second-order valence-corrected chi connectivity index (χ2v) is 9.17. The average molecular weight is 431 g/mol. The number of carbonyl (C=O) groups excluding carboxylic acids is 1. The molecule has 1 saturated heterocycles. The molecule has 6 nitrogen and oxygen atoms in total. The number of aromatic nitrogens is 3. The van der Waals surface area contributed by atoms with Gasteiger partial charge in [0, 0.05) is 24.8 Å². The predicted octanol–water partition coefficient (Wildman–Crippen LogP) is 4.72. The number of nitrogens with zero attached hydrogens (tertiary/aromatic N) is 4. The fourth-order valence-electron chi connectivity index (χ4n) is 4.36. The molecule has 1 aliphatic carbocycles. The highest BCUT2D eigenvalue weighted by Gasteiger charge is 2.34. The molecule has 1 aromatic heterocycles. The van der Waals surface area contributed by atoms with Crippen molar-refractivity contribution in [1.82, 2.24) is 19.9 Å². The van der Waals surface area contributed by atoms with Gasteiger partial charge < -0.3 is 9.64 Å². The minimum Gasteiger partial charge on any atom is -0.376 e. The second kappa shape index (κ2) is 9.25. The minimum absolute atomic E-state index is 0.0895. The van der Waals surface area contributed by atoms with Crippen LogP contribution in [0, 0.1) is 12.8 Å². The molecule has 0 spiro atoms. The molecule has 2 heterocycles. The molecule has 5 rings (SSSR count). The van der Waals surface area contributed by atoms with Gasteiger partial charge in [0.15, 0.2) is 0 Å². The van der Waals surface area contributed by atoms with Crippen molar-refractivity contribution in [3.8, 4) is 11.3 Å². The van der Waals surface area contributed by atoms with Crippen molar-refractivity contribution in [2.75, 3.05) is 13.2 Å². The van der Waals surface area contributed by atoms with E-state index in [4.69, 9.17) is 4.74 Å². The Kier molecular flexibility index (Phi) is 6.04. The van der Waals surface area contributed by atoms with Gasteiger partial charge in [-0.2, -0.15) is 4.68 Å². The fourth-order valence-corrected chi connectivity index (χ4v) is 4.36. The van der Waals surface area contributed by atoms with Gasteiger partial charge in [0.1, 0.15) is 5.69 Å². The van der Waals surface area contributed by atoms with Crippen molar-refractivity contribution in [1.29, 1.82) is 0 Å². The number of rotatable bonds is 6. The van der Waals surface area contributed by atoms with Crippen LogP contribution in [-0.4, -0.2) is 51.2 Å². The molecule has 32 heavy (non-hydrogen) atoms. The zero-order valence-corrected chi connectivity index (χ0v) is 18.6. The minimum atomic E-state index is -0.128. The van der Waals surface area contributed by atoms with E-state index in [0.717, 1.165) is 31.4 Å². The van der Waals surface area contributed by atoms with Crippen molar-refractivity contribution in [2.45, 2.75) is 51.2 Å². The Morgan fingerprint density at radius 3 is 2.56 bits per heavy atom. The monoisotopic (exact) mass is 430 g/mol. The van der Waals surface area contributed by atoms with Crippen LogP contribution in [0.1, 0.15) is 36.8 Å². The number of hydrogen-bond acceptors (Lipinski definition) is 4. The highest BCUT2D eigenvalue weighted by atomic mass is 16.5. The highest BCUT2D eigenvalue weighted by Crippen LogP contribution is 2.31. The molecule has 1 amide bonds. The molecule has 3 aromatic rings. The summed E-state index contributed by atoms with van der Waals surface area (Å²) >= 11 is 0. The Hall–Kier alpha value is -2.99. The van der Waals surface area contributed by atoms with Gasteiger partial charge in [-0.15, -0.1) is 5.10 Å². The number of hydrogen-bond donors (Lipinski definition) is 0. The first-order valence-electron chi connectivity index (χ1n) is 11.6. The van der Waals surface area contributed by atoms with Crippen LogP contribution < -0.4 is 0 Å². The summed E-state index contributed by atoms with van der Waals surface area (Å²) in [7, 11) is 0. The van der Waals surface area contributed by atoms with E-state index in [9.17, 15) is 4.79 Å². The van der Waals surface area contributed by atoms with Crippen LogP contribution in [0.3, 0.4) is 0 Å². The molecule has 2 aliphatic rings. The molecular formula is C26H30N4O2. The lowest BCUT2D eigenvalue weighted by Gasteiger charge is -2.39. The number of aryl methyl sites for hydroxylation is 1. The number of likely N-dealkylation sites (tertiary alicyclic amines) is 1. The van der Waals surface area contributed by atoms with Crippen molar-refractivity contribution in [3.05, 3.63) is 71.9 Å². The summed E-state index contributed by atoms with van der Waals surface area (Å²) in [5.41, 5.74) is 4.09. The summed E-state index contributed by atoms with van der Waals surface area (Å²) in [5, 5.41) is 8.44. The molecule has 0 unspecified atom stereocenters. The normalized spacial score (nSPS) is 21.0. The number of amides is 1. The van der Waals surface area contributed by atoms with Gasteiger partial charge in [-0.25, -0.2) is 4.79 Å². The van der Waals surface area contributed by atoms with Gasteiger partial charge in [0.25, 0.3) is 0 Å². The van der Waals surface area contributed by atoms with E-state index in [1.54, 1.807) is 6.20 Å². The van der Waals surface area contributed by atoms with Gasteiger partial charge >= 0.3 is 6.03 Å². The van der Waals surface area contributed by atoms with Crippen LogP contribution in [-0.2, 0) is 11.2 Å². The maximum absolute atomic E-state index is 13.5. The number of piperidine rings is 1. The maximum Gasteiger partial charge on any atom is 0.346 e. The first-order valence-corrected chi connectivity index (χ1v) is 11.6. The molecule has 166 valence electrons. The van der Waals surface area contributed by atoms with Gasteiger partial charge in [0.2, 0.25) is 0 Å². The van der Waals surface area contributed by atoms with Crippen molar-refractivity contribution in [2.24, 2.45) is 5.92 Å². The summed E-state index contributed by atoms with van der Waals surface area (Å²) in [4.78, 5) is 15.5. The molecule has 0 bridgehead atoms. The summed E-state index contributed by atoms with van der Waals surface area (Å²) < 4.78 is 7.55. The number of ether oxygens (including phenoxy) is 1. The van der Waals surface area contributed by atoms with Crippen molar-refractivity contribution < 1.29 is 9.53 Å². The van der Waals surface area contributed by atoms with Crippen LogP contribution in [0.15, 0.2) is 60.8 Å². The molecule has 2 aromatic carbocycles. The smallest absolute Gasteiger partial charge is 0.346 e. The van der Waals surface area contributed by atoms with Crippen LogP contribution in [0.2, 0.25) is 0 Å². The van der Waals surface area contributed by atoms with Gasteiger partial charge in [0.05, 0.1) is 12.3 Å². The van der Waals surface area contributed by atoms with Gasteiger partial charge in [-0.05, 0) is 50.5 Å². The molecule has 1 saturated carbocycles. The van der Waals surface area contributed by atoms with Crippen LogP contribution in [0.4, 0.5) is 4.79 Å². The SMILES string of the molecule is Cc1ccc(-c2cn(C(=O)N3C[C@@H](OCC4CC4)CC[C@@H]3Cc3ccccc3)nn2)cc1. The fraction of sp³-hybridized carbons (Fsp3) is 0.423. The van der Waals surface area contributed by atoms with E-state index in [-0.39, 0.29) is 18.2 Å². The molecular weight excluding hydrogens is 400 g/mol.